The first-order valence-corrected chi connectivity index (χ1v) is 8.18. The number of anilines is 1. The lowest BCUT2D eigenvalue weighted by Gasteiger charge is -2.25. The number of ketones is 1. The molecule has 114 valence electrons. The van der Waals surface area contributed by atoms with Crippen LogP contribution in [-0.4, -0.2) is 12.8 Å². The molecule has 0 aromatic heterocycles. The molecule has 0 radical (unpaired) electrons. The van der Waals surface area contributed by atoms with E-state index in [1.54, 1.807) is 0 Å². The maximum absolute atomic E-state index is 12.5. The zero-order valence-electron chi connectivity index (χ0n) is 13.4. The molecule has 2 nitrogen and oxygen atoms in total. The average molecular weight is 293 g/mol. The molecule has 1 N–H and O–H groups in total. The van der Waals surface area contributed by atoms with E-state index in [0.717, 1.165) is 30.5 Å². The number of hydrogen-bond acceptors (Lipinski definition) is 2. The highest BCUT2D eigenvalue weighted by Crippen LogP contribution is 2.32. The van der Waals surface area contributed by atoms with E-state index in [0.29, 0.717) is 5.78 Å². The van der Waals surface area contributed by atoms with Crippen molar-refractivity contribution in [2.24, 2.45) is 5.92 Å². The quantitative estimate of drug-likeness (QED) is 0.791. The van der Waals surface area contributed by atoms with Crippen LogP contribution in [0.1, 0.15) is 42.1 Å². The maximum atomic E-state index is 12.5. The number of carbonyl (C=O) groups excluding carboxylic acids is 1. The molecular weight excluding hydrogens is 270 g/mol. The number of hydrogen-bond donors (Lipinski definition) is 1. The van der Waals surface area contributed by atoms with Crippen molar-refractivity contribution in [2.75, 3.05) is 12.4 Å². The second kappa shape index (κ2) is 6.35. The fraction of sp³-hybridized carbons (Fsp3) is 0.350. The fourth-order valence-corrected chi connectivity index (χ4v) is 3.03. The summed E-state index contributed by atoms with van der Waals surface area (Å²) in [6, 6.07) is 14.7. The number of nitrogens with one attached hydrogen (secondary N) is 1. The van der Waals surface area contributed by atoms with Crippen molar-refractivity contribution in [3.8, 4) is 11.1 Å². The van der Waals surface area contributed by atoms with Gasteiger partial charge in [0.25, 0.3) is 0 Å². The lowest BCUT2D eigenvalue weighted by atomic mass is 9.78. The minimum Gasteiger partial charge on any atom is -0.388 e. The van der Waals surface area contributed by atoms with Crippen molar-refractivity contribution in [1.29, 1.82) is 0 Å². The van der Waals surface area contributed by atoms with E-state index in [-0.39, 0.29) is 5.92 Å². The molecule has 1 fully saturated rings. The highest BCUT2D eigenvalue weighted by atomic mass is 16.1. The van der Waals surface area contributed by atoms with Gasteiger partial charge in [-0.1, -0.05) is 43.7 Å². The van der Waals surface area contributed by atoms with Gasteiger partial charge in [-0.05, 0) is 48.1 Å². The van der Waals surface area contributed by atoms with Gasteiger partial charge in [-0.15, -0.1) is 0 Å². The average Bonchev–Trinajstić information content (AvgIpc) is 2.52. The van der Waals surface area contributed by atoms with Gasteiger partial charge in [0.1, 0.15) is 0 Å². The first kappa shape index (κ1) is 14.8. The molecular formula is C20H23NO. The number of Topliss-reactive ketones (excluding diaryl/α,β-unsaturated/α-hetero) is 1. The van der Waals surface area contributed by atoms with Gasteiger partial charge in [0.2, 0.25) is 0 Å². The van der Waals surface area contributed by atoms with Crippen LogP contribution in [0.3, 0.4) is 0 Å². The Hall–Kier alpha value is -2.09. The summed E-state index contributed by atoms with van der Waals surface area (Å²) in [5.74, 6) is 0.617. The van der Waals surface area contributed by atoms with Gasteiger partial charge in [0.15, 0.2) is 5.78 Å². The first-order valence-electron chi connectivity index (χ1n) is 8.18. The monoisotopic (exact) mass is 293 g/mol. The third-order valence-electron chi connectivity index (χ3n) is 4.73. The number of carbonyl (C=O) groups is 1. The summed E-state index contributed by atoms with van der Waals surface area (Å²) in [4.78, 5) is 12.5. The van der Waals surface area contributed by atoms with Crippen LogP contribution in [0.25, 0.3) is 11.1 Å². The first-order chi connectivity index (χ1) is 10.7. The molecule has 1 aliphatic carbocycles. The Morgan fingerprint density at radius 3 is 2.32 bits per heavy atom. The molecule has 0 atom stereocenters. The van der Waals surface area contributed by atoms with Gasteiger partial charge in [0, 0.05) is 24.2 Å². The Morgan fingerprint density at radius 1 is 1.09 bits per heavy atom. The molecule has 1 aliphatic rings. The zero-order valence-corrected chi connectivity index (χ0v) is 13.4. The van der Waals surface area contributed by atoms with E-state index in [4.69, 9.17) is 0 Å². The largest absolute Gasteiger partial charge is 0.388 e. The molecule has 0 spiro atoms. The van der Waals surface area contributed by atoms with Crippen LogP contribution in [0.2, 0.25) is 0 Å². The minimum absolute atomic E-state index is 0.270. The van der Waals surface area contributed by atoms with Crippen LogP contribution in [0.4, 0.5) is 5.69 Å². The van der Waals surface area contributed by atoms with Crippen LogP contribution in [0.5, 0.6) is 0 Å². The van der Waals surface area contributed by atoms with Crippen LogP contribution in [0.15, 0.2) is 42.5 Å². The Balaban J connectivity index is 1.91. The normalized spacial score (nSPS) is 14.5. The van der Waals surface area contributed by atoms with Crippen LogP contribution < -0.4 is 5.32 Å². The molecule has 0 aliphatic heterocycles. The molecule has 0 bridgehead atoms. The van der Waals surface area contributed by atoms with Gasteiger partial charge in [-0.3, -0.25) is 4.79 Å². The second-order valence-corrected chi connectivity index (χ2v) is 6.04. The Morgan fingerprint density at radius 2 is 1.77 bits per heavy atom. The predicted molar refractivity (Wildman–Crippen MR) is 92.5 cm³/mol. The molecule has 0 unspecified atom stereocenters. The molecule has 0 heterocycles. The Kier molecular flexibility index (Phi) is 4.28. The summed E-state index contributed by atoms with van der Waals surface area (Å²) < 4.78 is 0. The van der Waals surface area contributed by atoms with Gasteiger partial charge in [0.05, 0.1) is 0 Å². The van der Waals surface area contributed by atoms with Crippen LogP contribution in [-0.2, 0) is 6.42 Å². The van der Waals surface area contributed by atoms with Crippen molar-refractivity contribution < 1.29 is 4.79 Å². The predicted octanol–water partition coefficient (Wildman–Crippen LogP) is 4.94. The summed E-state index contributed by atoms with van der Waals surface area (Å²) in [5, 5.41) is 3.13. The number of rotatable bonds is 5. The lowest BCUT2D eigenvalue weighted by molar-refractivity contribution is 0.0854. The molecule has 22 heavy (non-hydrogen) atoms. The van der Waals surface area contributed by atoms with Gasteiger partial charge in [-0.25, -0.2) is 0 Å². The summed E-state index contributed by atoms with van der Waals surface area (Å²) in [6.45, 7) is 2.13. The van der Waals surface area contributed by atoms with Crippen molar-refractivity contribution in [3.63, 3.8) is 0 Å². The van der Waals surface area contributed by atoms with Crippen molar-refractivity contribution in [1.82, 2.24) is 0 Å². The van der Waals surface area contributed by atoms with E-state index in [2.05, 4.69) is 48.6 Å². The number of benzene rings is 2. The van der Waals surface area contributed by atoms with Crippen molar-refractivity contribution >= 4 is 11.5 Å². The number of aryl methyl sites for hydroxylation is 1. The topological polar surface area (TPSA) is 29.1 Å². The minimum atomic E-state index is 0.270. The van der Waals surface area contributed by atoms with E-state index in [1.807, 2.05) is 13.1 Å². The van der Waals surface area contributed by atoms with Crippen molar-refractivity contribution in [2.45, 2.75) is 32.6 Å². The third-order valence-corrected chi connectivity index (χ3v) is 4.73. The second-order valence-electron chi connectivity index (χ2n) is 6.04. The SMILES string of the molecule is CCc1cc(-c2ccc(NC)cc2)ccc1C(=O)C1CCC1. The molecule has 0 amide bonds. The summed E-state index contributed by atoms with van der Waals surface area (Å²) in [7, 11) is 1.92. The molecule has 2 aromatic rings. The molecule has 0 saturated heterocycles. The van der Waals surface area contributed by atoms with E-state index in [9.17, 15) is 4.79 Å². The Labute approximate surface area is 132 Å². The third kappa shape index (κ3) is 2.78. The molecule has 2 aromatic carbocycles. The highest BCUT2D eigenvalue weighted by molar-refractivity contribution is 6.00. The van der Waals surface area contributed by atoms with Gasteiger partial charge >= 0.3 is 0 Å². The smallest absolute Gasteiger partial charge is 0.166 e. The highest BCUT2D eigenvalue weighted by Gasteiger charge is 2.27. The van der Waals surface area contributed by atoms with Gasteiger partial charge in [-0.2, -0.15) is 0 Å². The summed E-state index contributed by atoms with van der Waals surface area (Å²) in [6.07, 6.45) is 4.23. The standard InChI is InChI=1S/C20H23NO/c1-3-14-13-17(15-7-10-18(21-2)11-8-15)9-12-19(14)20(22)16-5-4-6-16/h7-13,16,21H,3-6H2,1-2H3. The Bertz CT molecular complexity index is 669. The molecule has 3 rings (SSSR count). The van der Waals surface area contributed by atoms with E-state index < -0.39 is 0 Å². The van der Waals surface area contributed by atoms with E-state index in [1.165, 1.54) is 23.1 Å². The van der Waals surface area contributed by atoms with Crippen LogP contribution >= 0.6 is 0 Å². The molecule has 2 heteroatoms. The summed E-state index contributed by atoms with van der Waals surface area (Å²) in [5.41, 5.74) is 5.59. The van der Waals surface area contributed by atoms with Crippen molar-refractivity contribution in [3.05, 3.63) is 53.6 Å². The van der Waals surface area contributed by atoms with E-state index >= 15 is 0 Å². The fourth-order valence-electron chi connectivity index (χ4n) is 3.03. The zero-order chi connectivity index (χ0) is 15.5. The van der Waals surface area contributed by atoms with Gasteiger partial charge < -0.3 is 5.32 Å². The summed E-state index contributed by atoms with van der Waals surface area (Å²) >= 11 is 0. The lowest BCUT2D eigenvalue weighted by Crippen LogP contribution is -2.23. The maximum Gasteiger partial charge on any atom is 0.166 e. The van der Waals surface area contributed by atoms with Crippen LogP contribution in [0, 0.1) is 5.92 Å². The molecule has 1 saturated carbocycles.